The molecule has 0 fully saturated rings. The zero-order chi connectivity index (χ0) is 12.8. The monoisotopic (exact) mass is 237 g/mol. The van der Waals surface area contributed by atoms with E-state index >= 15 is 0 Å². The molecule has 0 aliphatic heterocycles. The molecule has 0 saturated heterocycles. The maximum Gasteiger partial charge on any atom is 0.128 e. The van der Waals surface area contributed by atoms with Crippen molar-refractivity contribution in [3.8, 4) is 0 Å². The number of nitrogen functional groups attached to an aromatic ring is 1. The highest BCUT2D eigenvalue weighted by Gasteiger charge is 2.19. The molecule has 1 rings (SSSR count). The highest BCUT2D eigenvalue weighted by molar-refractivity contribution is 5.46. The number of ether oxygens (including phenoxy) is 1. The molecular formula is C13H23N3O. The van der Waals surface area contributed by atoms with E-state index in [2.05, 4.69) is 31.1 Å². The Morgan fingerprint density at radius 3 is 2.76 bits per heavy atom. The van der Waals surface area contributed by atoms with Gasteiger partial charge in [0.25, 0.3) is 0 Å². The summed E-state index contributed by atoms with van der Waals surface area (Å²) in [6.07, 6.45) is 2.83. The summed E-state index contributed by atoms with van der Waals surface area (Å²) in [5.74, 6) is 0.610. The van der Waals surface area contributed by atoms with Crippen LogP contribution < -0.4 is 11.1 Å². The number of aromatic nitrogens is 1. The number of rotatable bonds is 6. The van der Waals surface area contributed by atoms with Gasteiger partial charge >= 0.3 is 0 Å². The summed E-state index contributed by atoms with van der Waals surface area (Å²) >= 11 is 0. The largest absolute Gasteiger partial charge is 0.383 e. The number of anilines is 1. The highest BCUT2D eigenvalue weighted by Crippen LogP contribution is 2.26. The number of methoxy groups -OCH3 is 1. The predicted octanol–water partition coefficient (Wildman–Crippen LogP) is 2.05. The summed E-state index contributed by atoms with van der Waals surface area (Å²) in [5.41, 5.74) is 8.25. The first-order valence-corrected chi connectivity index (χ1v) is 6.07. The van der Waals surface area contributed by atoms with Crippen LogP contribution in [0.15, 0.2) is 12.3 Å². The third kappa shape index (κ3) is 3.68. The van der Waals surface area contributed by atoms with Crippen LogP contribution in [0.25, 0.3) is 0 Å². The van der Waals surface area contributed by atoms with Crippen LogP contribution >= 0.6 is 0 Å². The van der Waals surface area contributed by atoms with Crippen LogP contribution in [-0.4, -0.2) is 24.7 Å². The first-order chi connectivity index (χ1) is 8.10. The highest BCUT2D eigenvalue weighted by atomic mass is 16.5. The first-order valence-electron chi connectivity index (χ1n) is 6.07. The van der Waals surface area contributed by atoms with Crippen molar-refractivity contribution in [3.05, 3.63) is 23.4 Å². The molecule has 4 heteroatoms. The number of nitrogens with zero attached hydrogens (tertiary/aromatic N) is 1. The van der Waals surface area contributed by atoms with Gasteiger partial charge in [0.2, 0.25) is 0 Å². The van der Waals surface area contributed by atoms with Gasteiger partial charge in [0.05, 0.1) is 6.10 Å². The molecule has 0 radical (unpaired) electrons. The van der Waals surface area contributed by atoms with Gasteiger partial charge in [-0.3, -0.25) is 0 Å². The van der Waals surface area contributed by atoms with E-state index in [0.29, 0.717) is 5.82 Å². The van der Waals surface area contributed by atoms with E-state index in [1.54, 1.807) is 13.3 Å². The Labute approximate surface area is 104 Å². The fourth-order valence-corrected chi connectivity index (χ4v) is 2.02. The molecule has 0 aliphatic carbocycles. The predicted molar refractivity (Wildman–Crippen MR) is 70.9 cm³/mol. The fraction of sp³-hybridized carbons (Fsp3) is 0.615. The van der Waals surface area contributed by atoms with E-state index in [-0.39, 0.29) is 12.1 Å². The number of hydrogen-bond acceptors (Lipinski definition) is 4. The molecule has 1 heterocycles. The van der Waals surface area contributed by atoms with Gasteiger partial charge in [-0.05, 0) is 38.4 Å². The average Bonchev–Trinajstić information content (AvgIpc) is 2.28. The normalized spacial score (nSPS) is 14.6. The molecular weight excluding hydrogens is 214 g/mol. The molecule has 1 aromatic rings. The molecule has 0 bridgehead atoms. The second-order valence-corrected chi connectivity index (χ2v) is 4.32. The van der Waals surface area contributed by atoms with E-state index in [9.17, 15) is 0 Å². The number of pyridine rings is 1. The SMILES string of the molecule is CCNC(CC(C)OC)c1c(C)ccnc1N. The van der Waals surface area contributed by atoms with E-state index < -0.39 is 0 Å². The van der Waals surface area contributed by atoms with Gasteiger partial charge in [0.1, 0.15) is 5.82 Å². The standard InChI is InChI=1S/C13H23N3O/c1-5-15-11(8-10(3)17-4)12-9(2)6-7-16-13(12)14/h6-7,10-11,15H,5,8H2,1-4H3,(H2,14,16). The fourth-order valence-electron chi connectivity index (χ4n) is 2.02. The van der Waals surface area contributed by atoms with Crippen LogP contribution in [-0.2, 0) is 4.74 Å². The Morgan fingerprint density at radius 1 is 1.53 bits per heavy atom. The zero-order valence-corrected chi connectivity index (χ0v) is 11.2. The topological polar surface area (TPSA) is 60.2 Å². The maximum atomic E-state index is 5.98. The summed E-state index contributed by atoms with van der Waals surface area (Å²) in [6.45, 7) is 7.11. The Morgan fingerprint density at radius 2 is 2.24 bits per heavy atom. The van der Waals surface area contributed by atoms with Gasteiger partial charge in [0.15, 0.2) is 0 Å². The van der Waals surface area contributed by atoms with Crippen LogP contribution in [0.3, 0.4) is 0 Å². The molecule has 0 aromatic carbocycles. The Hall–Kier alpha value is -1.13. The summed E-state index contributed by atoms with van der Waals surface area (Å²) in [4.78, 5) is 4.17. The molecule has 0 amide bonds. The lowest BCUT2D eigenvalue weighted by atomic mass is 9.97. The van der Waals surface area contributed by atoms with Crippen molar-refractivity contribution in [1.29, 1.82) is 0 Å². The lowest BCUT2D eigenvalue weighted by Crippen LogP contribution is -2.27. The van der Waals surface area contributed by atoms with Gasteiger partial charge in [-0.25, -0.2) is 4.98 Å². The number of nitrogens with one attached hydrogen (secondary N) is 1. The van der Waals surface area contributed by atoms with Gasteiger partial charge in [-0.1, -0.05) is 6.92 Å². The van der Waals surface area contributed by atoms with Crippen LogP contribution in [0.5, 0.6) is 0 Å². The summed E-state index contributed by atoms with van der Waals surface area (Å²) < 4.78 is 5.33. The van der Waals surface area contributed by atoms with Crippen LogP contribution in [0.1, 0.15) is 37.4 Å². The molecule has 3 N–H and O–H groups in total. The molecule has 17 heavy (non-hydrogen) atoms. The second-order valence-electron chi connectivity index (χ2n) is 4.32. The summed E-state index contributed by atoms with van der Waals surface area (Å²) in [6, 6.07) is 2.19. The van der Waals surface area contributed by atoms with Gasteiger partial charge in [-0.15, -0.1) is 0 Å². The van der Waals surface area contributed by atoms with Crippen molar-refractivity contribution in [2.24, 2.45) is 0 Å². The number of hydrogen-bond donors (Lipinski definition) is 2. The molecule has 0 spiro atoms. The number of nitrogens with two attached hydrogens (primary N) is 1. The average molecular weight is 237 g/mol. The van der Waals surface area contributed by atoms with Crippen molar-refractivity contribution >= 4 is 5.82 Å². The maximum absolute atomic E-state index is 5.98. The van der Waals surface area contributed by atoms with E-state index in [1.807, 2.05) is 6.07 Å². The molecule has 0 aliphatic rings. The van der Waals surface area contributed by atoms with Crippen molar-refractivity contribution in [1.82, 2.24) is 10.3 Å². The van der Waals surface area contributed by atoms with Crippen molar-refractivity contribution in [3.63, 3.8) is 0 Å². The van der Waals surface area contributed by atoms with Gasteiger partial charge in [0, 0.05) is 24.9 Å². The van der Waals surface area contributed by atoms with Gasteiger partial charge < -0.3 is 15.8 Å². The Kier molecular flexibility index (Phi) is 5.38. The van der Waals surface area contributed by atoms with Crippen molar-refractivity contribution in [2.45, 2.75) is 39.3 Å². The minimum absolute atomic E-state index is 0.193. The van der Waals surface area contributed by atoms with Crippen LogP contribution in [0.4, 0.5) is 5.82 Å². The van der Waals surface area contributed by atoms with E-state index in [1.165, 1.54) is 5.56 Å². The molecule has 96 valence electrons. The minimum atomic E-state index is 0.193. The van der Waals surface area contributed by atoms with Gasteiger partial charge in [-0.2, -0.15) is 0 Å². The lowest BCUT2D eigenvalue weighted by molar-refractivity contribution is 0.101. The molecule has 0 saturated carbocycles. The quantitative estimate of drug-likeness (QED) is 0.795. The summed E-state index contributed by atoms with van der Waals surface area (Å²) in [5, 5.41) is 3.45. The van der Waals surface area contributed by atoms with E-state index in [4.69, 9.17) is 10.5 Å². The molecule has 2 atom stereocenters. The third-order valence-electron chi connectivity index (χ3n) is 3.01. The summed E-state index contributed by atoms with van der Waals surface area (Å²) in [7, 11) is 1.73. The van der Waals surface area contributed by atoms with E-state index in [0.717, 1.165) is 18.5 Å². The first kappa shape index (κ1) is 13.9. The number of aryl methyl sites for hydroxylation is 1. The zero-order valence-electron chi connectivity index (χ0n) is 11.2. The van der Waals surface area contributed by atoms with Crippen LogP contribution in [0, 0.1) is 6.92 Å². The van der Waals surface area contributed by atoms with Crippen molar-refractivity contribution < 1.29 is 4.74 Å². The van der Waals surface area contributed by atoms with Crippen molar-refractivity contribution in [2.75, 3.05) is 19.4 Å². The Bertz CT molecular complexity index is 334. The second kappa shape index (κ2) is 6.57. The molecule has 2 unspecified atom stereocenters. The minimum Gasteiger partial charge on any atom is -0.383 e. The Balaban J connectivity index is 2.96. The lowest BCUT2D eigenvalue weighted by Gasteiger charge is -2.24. The molecule has 1 aromatic heterocycles. The molecule has 4 nitrogen and oxygen atoms in total. The third-order valence-corrected chi connectivity index (χ3v) is 3.01. The van der Waals surface area contributed by atoms with Crippen LogP contribution in [0.2, 0.25) is 0 Å². The smallest absolute Gasteiger partial charge is 0.128 e.